The zero-order valence-corrected chi connectivity index (χ0v) is 26.8. The van der Waals surface area contributed by atoms with Gasteiger partial charge in [-0.2, -0.15) is 0 Å². The fourth-order valence-electron chi connectivity index (χ4n) is 7.27. The molecule has 2 saturated heterocycles. The van der Waals surface area contributed by atoms with Crippen LogP contribution in [0.2, 0.25) is 0 Å². The number of nitrogens with zero attached hydrogens (tertiary/aromatic N) is 2. The van der Waals surface area contributed by atoms with E-state index in [1.807, 2.05) is 48.6 Å². The molecule has 11 heteroatoms. The number of hydrogen-bond donors (Lipinski definition) is 2. The van der Waals surface area contributed by atoms with E-state index in [1.54, 1.807) is 15.9 Å². The minimum absolute atomic E-state index is 0.0501. The maximum absolute atomic E-state index is 14.5. The summed E-state index contributed by atoms with van der Waals surface area (Å²) in [5, 5.41) is 12.3. The van der Waals surface area contributed by atoms with E-state index in [0.717, 1.165) is 12.8 Å². The summed E-state index contributed by atoms with van der Waals surface area (Å²) >= 11 is 0. The summed E-state index contributed by atoms with van der Waals surface area (Å²) in [6.07, 6.45) is 9.97. The molecule has 0 unspecified atom stereocenters. The number of aliphatic hydroxyl groups is 1. The minimum Gasteiger partial charge on any atom is -0.455 e. The van der Waals surface area contributed by atoms with Gasteiger partial charge in [-0.05, 0) is 37.7 Å². The number of carbonyl (C=O) groups excluding carboxylic acids is 4. The smallest absolute Gasteiger partial charge is 0.313 e. The SMILES string of the molecule is CCCCN1C/C=C\CCC(=O)N[C@H](COC)[C@@H](c2ccccc2)OC(=O)[C@@H]2[C@@H]3C=C[C@]4(O3)[C@H](C1=O)N(CCCCCO)C(=O)[C@@H]24. The number of ether oxygens (including phenoxy) is 3. The van der Waals surface area contributed by atoms with Crippen molar-refractivity contribution in [3.05, 3.63) is 60.2 Å². The lowest BCUT2D eigenvalue weighted by molar-refractivity contribution is -0.162. The highest BCUT2D eigenvalue weighted by molar-refractivity contribution is 5.99. The Bertz CT molecular complexity index is 1300. The number of rotatable bonds is 11. The van der Waals surface area contributed by atoms with Gasteiger partial charge in [0, 0.05) is 39.8 Å². The van der Waals surface area contributed by atoms with Gasteiger partial charge >= 0.3 is 5.97 Å². The largest absolute Gasteiger partial charge is 0.455 e. The molecule has 5 rings (SSSR count). The number of hydrogen-bond acceptors (Lipinski definition) is 8. The lowest BCUT2D eigenvalue weighted by atomic mass is 9.74. The molecule has 1 aromatic rings. The first-order valence-corrected chi connectivity index (χ1v) is 16.6. The van der Waals surface area contributed by atoms with Crippen LogP contribution in [0.3, 0.4) is 0 Å². The fourth-order valence-corrected chi connectivity index (χ4v) is 7.27. The molecule has 11 nitrogen and oxygen atoms in total. The standard InChI is InChI=1S/C35H47N3O8/c1-3-4-19-37-20-11-6-10-16-27(40)36-25(23-44-2)30(24-14-8-5-9-15-24)45-34(43)28-26-17-18-35(46-26)29(28)32(41)38(31(35)33(37)42)21-12-7-13-22-39/h5-6,8-9,11,14-15,17-18,25-26,28-31,39H,3-4,7,10,12-13,16,19-23H2,1-2H3,(H,36,40)/b11-6-/t25-,26+,28-,29-,30-,31+,35-/m1/s1. The number of benzene rings is 1. The van der Waals surface area contributed by atoms with Crippen LogP contribution >= 0.6 is 0 Å². The van der Waals surface area contributed by atoms with E-state index in [0.29, 0.717) is 50.9 Å². The summed E-state index contributed by atoms with van der Waals surface area (Å²) in [7, 11) is 1.52. The number of cyclic esters (lactones) is 1. The van der Waals surface area contributed by atoms with Crippen molar-refractivity contribution in [1.29, 1.82) is 0 Å². The predicted octanol–water partition coefficient (Wildman–Crippen LogP) is 2.69. The average Bonchev–Trinajstić information content (AvgIpc) is 3.70. The summed E-state index contributed by atoms with van der Waals surface area (Å²) in [4.78, 5) is 59.5. The number of methoxy groups -OCH3 is 1. The number of fused-ring (bicyclic) bond motifs is 2. The average molecular weight is 638 g/mol. The second kappa shape index (κ2) is 15.4. The molecule has 0 aliphatic carbocycles. The molecule has 7 atom stereocenters. The molecule has 2 N–H and O–H groups in total. The molecule has 0 aromatic heterocycles. The lowest BCUT2D eigenvalue weighted by Crippen LogP contribution is -2.56. The molecule has 4 heterocycles. The van der Waals surface area contributed by atoms with Gasteiger partial charge in [0.25, 0.3) is 0 Å². The number of aliphatic hydroxyl groups excluding tert-OH is 1. The number of esters is 1. The molecule has 46 heavy (non-hydrogen) atoms. The fraction of sp³-hybridized carbons (Fsp3) is 0.600. The first-order chi connectivity index (χ1) is 22.4. The van der Waals surface area contributed by atoms with Gasteiger partial charge in [-0.25, -0.2) is 0 Å². The molecule has 1 spiro atoms. The Morgan fingerprint density at radius 1 is 1.02 bits per heavy atom. The van der Waals surface area contributed by atoms with E-state index in [1.165, 1.54) is 7.11 Å². The van der Waals surface area contributed by atoms with Crippen molar-refractivity contribution < 1.29 is 38.5 Å². The van der Waals surface area contributed by atoms with Crippen molar-refractivity contribution in [3.8, 4) is 0 Å². The number of nitrogens with one attached hydrogen (secondary N) is 1. The molecular formula is C35H47N3O8. The van der Waals surface area contributed by atoms with Crippen LogP contribution < -0.4 is 5.32 Å². The third-order valence-corrected chi connectivity index (χ3v) is 9.49. The van der Waals surface area contributed by atoms with E-state index in [9.17, 15) is 24.3 Å². The van der Waals surface area contributed by atoms with E-state index in [4.69, 9.17) is 14.2 Å². The summed E-state index contributed by atoms with van der Waals surface area (Å²) in [6.45, 7) is 3.33. The van der Waals surface area contributed by atoms with Crippen molar-refractivity contribution in [1.82, 2.24) is 15.1 Å². The monoisotopic (exact) mass is 637 g/mol. The molecule has 5 bridgehead atoms. The van der Waals surface area contributed by atoms with Crippen molar-refractivity contribution in [2.24, 2.45) is 11.8 Å². The van der Waals surface area contributed by atoms with Gasteiger partial charge in [0.1, 0.15) is 23.7 Å². The highest BCUT2D eigenvalue weighted by Gasteiger charge is 2.73. The Morgan fingerprint density at radius 2 is 1.83 bits per heavy atom. The van der Waals surface area contributed by atoms with Crippen molar-refractivity contribution in [2.75, 3.05) is 40.0 Å². The highest BCUT2D eigenvalue weighted by Crippen LogP contribution is 2.56. The van der Waals surface area contributed by atoms with Gasteiger partial charge in [-0.1, -0.05) is 68.0 Å². The van der Waals surface area contributed by atoms with Crippen molar-refractivity contribution in [2.45, 2.75) is 81.8 Å². The Kier molecular flexibility index (Phi) is 11.3. The van der Waals surface area contributed by atoms with Gasteiger partial charge in [-0.15, -0.1) is 0 Å². The topological polar surface area (TPSA) is 135 Å². The van der Waals surface area contributed by atoms with Crippen LogP contribution in [-0.2, 0) is 33.4 Å². The molecule has 2 fully saturated rings. The Labute approximate surface area is 270 Å². The molecule has 0 saturated carbocycles. The molecular weight excluding hydrogens is 590 g/mol. The third kappa shape index (κ3) is 6.77. The number of carbonyl (C=O) groups is 4. The van der Waals surface area contributed by atoms with Crippen LogP contribution in [0.1, 0.15) is 63.5 Å². The summed E-state index contributed by atoms with van der Waals surface area (Å²) in [5.41, 5.74) is -0.627. The number of amides is 3. The quantitative estimate of drug-likeness (QED) is 0.215. The van der Waals surface area contributed by atoms with Crippen molar-refractivity contribution in [3.63, 3.8) is 0 Å². The molecule has 4 aliphatic rings. The van der Waals surface area contributed by atoms with Crippen LogP contribution in [0.15, 0.2) is 54.6 Å². The maximum Gasteiger partial charge on any atom is 0.313 e. The molecule has 1 aromatic carbocycles. The van der Waals surface area contributed by atoms with Gasteiger partial charge in [0.05, 0.1) is 24.7 Å². The Morgan fingerprint density at radius 3 is 2.57 bits per heavy atom. The zero-order valence-electron chi connectivity index (χ0n) is 26.8. The predicted molar refractivity (Wildman–Crippen MR) is 169 cm³/mol. The summed E-state index contributed by atoms with van der Waals surface area (Å²) in [5.74, 6) is -3.28. The van der Waals surface area contributed by atoms with Gasteiger partial charge in [0.15, 0.2) is 0 Å². The first kappa shape index (κ1) is 33.8. The minimum atomic E-state index is -1.30. The van der Waals surface area contributed by atoms with Gasteiger partial charge in [0.2, 0.25) is 17.7 Å². The first-order valence-electron chi connectivity index (χ1n) is 16.6. The van der Waals surface area contributed by atoms with E-state index in [2.05, 4.69) is 12.2 Å². The van der Waals surface area contributed by atoms with Crippen LogP contribution in [0, 0.1) is 11.8 Å². The second-order valence-electron chi connectivity index (χ2n) is 12.6. The zero-order chi connectivity index (χ0) is 32.7. The van der Waals surface area contributed by atoms with E-state index < -0.39 is 47.7 Å². The lowest BCUT2D eigenvalue weighted by Gasteiger charge is -2.36. The molecule has 250 valence electrons. The second-order valence-corrected chi connectivity index (χ2v) is 12.6. The number of allylic oxidation sites excluding steroid dienone is 1. The van der Waals surface area contributed by atoms with Crippen LogP contribution in [0.5, 0.6) is 0 Å². The van der Waals surface area contributed by atoms with E-state index >= 15 is 0 Å². The normalized spacial score (nSPS) is 32.1. The Balaban J connectivity index is 1.56. The highest BCUT2D eigenvalue weighted by atomic mass is 16.6. The molecule has 0 radical (unpaired) electrons. The summed E-state index contributed by atoms with van der Waals surface area (Å²) in [6, 6.07) is 7.54. The number of likely N-dealkylation sites (tertiary alicyclic amines) is 1. The van der Waals surface area contributed by atoms with Gasteiger partial charge < -0.3 is 34.4 Å². The third-order valence-electron chi connectivity index (χ3n) is 9.49. The van der Waals surface area contributed by atoms with E-state index in [-0.39, 0.29) is 37.4 Å². The van der Waals surface area contributed by atoms with Crippen LogP contribution in [0.4, 0.5) is 0 Å². The van der Waals surface area contributed by atoms with Crippen molar-refractivity contribution >= 4 is 23.7 Å². The van der Waals surface area contributed by atoms with Crippen LogP contribution in [-0.4, -0.2) is 102 Å². The van der Waals surface area contributed by atoms with Crippen LogP contribution in [0.25, 0.3) is 0 Å². The Hall–Kier alpha value is -3.54. The maximum atomic E-state index is 14.5. The number of unbranched alkanes of at least 4 members (excludes halogenated alkanes) is 3. The van der Waals surface area contributed by atoms with Gasteiger partial charge in [-0.3, -0.25) is 19.2 Å². The molecule has 4 aliphatic heterocycles. The summed E-state index contributed by atoms with van der Waals surface area (Å²) < 4.78 is 18.2. The molecule has 3 amide bonds.